The van der Waals surface area contributed by atoms with Gasteiger partial charge in [-0.15, -0.1) is 11.3 Å². The average Bonchev–Trinajstić information content (AvgIpc) is 2.87. The quantitative estimate of drug-likeness (QED) is 0.826. The largest absolute Gasteiger partial charge is 0.447 e. The number of allylic oxidation sites excluding steroid dienone is 2. The Morgan fingerprint density at radius 1 is 0.944 bits per heavy atom. The summed E-state index contributed by atoms with van der Waals surface area (Å²) in [7, 11) is 0. The van der Waals surface area contributed by atoms with Crippen molar-refractivity contribution in [3.05, 3.63) is 59.0 Å². The molecule has 1 heterocycles. The third kappa shape index (κ3) is 1.87. The van der Waals surface area contributed by atoms with Crippen LogP contribution in [0.1, 0.15) is 20.7 Å². The van der Waals surface area contributed by atoms with Crippen molar-refractivity contribution in [3.8, 4) is 10.8 Å². The molecule has 88 valence electrons. The number of benzene rings is 1. The van der Waals surface area contributed by atoms with Crippen LogP contribution >= 0.6 is 11.3 Å². The van der Waals surface area contributed by atoms with Gasteiger partial charge in [0.25, 0.3) is 0 Å². The summed E-state index contributed by atoms with van der Waals surface area (Å²) in [6.45, 7) is 0. The van der Waals surface area contributed by atoms with Gasteiger partial charge in [0.1, 0.15) is 5.75 Å². The summed E-state index contributed by atoms with van der Waals surface area (Å²) < 4.78 is 5.60. The molecule has 1 aromatic carbocycles. The lowest BCUT2D eigenvalue weighted by Gasteiger charge is -2.10. The van der Waals surface area contributed by atoms with Gasteiger partial charge in [0.2, 0.25) is 0 Å². The van der Waals surface area contributed by atoms with E-state index in [4.69, 9.17) is 4.74 Å². The van der Waals surface area contributed by atoms with E-state index >= 15 is 0 Å². The number of carbonyl (C=O) groups excluding carboxylic acids is 2. The van der Waals surface area contributed by atoms with Gasteiger partial charge in [-0.25, -0.2) is 0 Å². The van der Waals surface area contributed by atoms with E-state index in [1.165, 1.54) is 23.5 Å². The van der Waals surface area contributed by atoms with Gasteiger partial charge in [-0.05, 0) is 47.9 Å². The molecule has 0 fully saturated rings. The molecule has 1 aliphatic carbocycles. The molecule has 0 spiro atoms. The number of thiophene rings is 1. The van der Waals surface area contributed by atoms with Crippen LogP contribution in [0.2, 0.25) is 0 Å². The van der Waals surface area contributed by atoms with Gasteiger partial charge < -0.3 is 4.74 Å². The Balaban J connectivity index is 1.99. The Morgan fingerprint density at radius 3 is 2.44 bits per heavy atom. The van der Waals surface area contributed by atoms with Crippen LogP contribution in [-0.2, 0) is 0 Å². The molecule has 0 amide bonds. The van der Waals surface area contributed by atoms with Crippen LogP contribution in [0, 0.1) is 0 Å². The van der Waals surface area contributed by atoms with Crippen molar-refractivity contribution in [1.82, 2.24) is 0 Å². The first-order chi connectivity index (χ1) is 8.74. The van der Waals surface area contributed by atoms with Gasteiger partial charge in [-0.2, -0.15) is 0 Å². The van der Waals surface area contributed by atoms with Gasteiger partial charge in [0.05, 0.1) is 0 Å². The molecule has 0 aliphatic heterocycles. The van der Waals surface area contributed by atoms with E-state index in [9.17, 15) is 9.59 Å². The first-order valence-corrected chi connectivity index (χ1v) is 6.24. The third-order valence-electron chi connectivity index (χ3n) is 2.62. The summed E-state index contributed by atoms with van der Waals surface area (Å²) in [5.41, 5.74) is 0.831. The summed E-state index contributed by atoms with van der Waals surface area (Å²) in [4.78, 5) is 23.3. The average molecular weight is 256 g/mol. The fourth-order valence-corrected chi connectivity index (χ4v) is 2.37. The Labute approximate surface area is 107 Å². The summed E-state index contributed by atoms with van der Waals surface area (Å²) in [5.74, 6) is 0.251. The Kier molecular flexibility index (Phi) is 2.57. The molecule has 2 aromatic rings. The van der Waals surface area contributed by atoms with Crippen LogP contribution in [0.5, 0.6) is 10.8 Å². The number of ether oxygens (including phenoxy) is 1. The molecule has 0 saturated heterocycles. The van der Waals surface area contributed by atoms with Crippen molar-refractivity contribution in [2.24, 2.45) is 0 Å². The lowest BCUT2D eigenvalue weighted by Crippen LogP contribution is -2.11. The van der Waals surface area contributed by atoms with Crippen molar-refractivity contribution in [1.29, 1.82) is 0 Å². The SMILES string of the molecule is O=C1C=CC(=O)c2cc(Oc3cccs3)ccc21. The molecule has 18 heavy (non-hydrogen) atoms. The van der Waals surface area contributed by atoms with Crippen molar-refractivity contribution < 1.29 is 14.3 Å². The maximum absolute atomic E-state index is 11.7. The van der Waals surface area contributed by atoms with Gasteiger partial charge in [-0.1, -0.05) is 0 Å². The molecule has 1 aliphatic rings. The molecule has 0 atom stereocenters. The lowest BCUT2D eigenvalue weighted by atomic mass is 9.95. The highest BCUT2D eigenvalue weighted by Crippen LogP contribution is 2.29. The minimum absolute atomic E-state index is 0.146. The summed E-state index contributed by atoms with van der Waals surface area (Å²) in [5, 5.41) is 2.66. The molecule has 4 heteroatoms. The second-order valence-electron chi connectivity index (χ2n) is 3.80. The smallest absolute Gasteiger partial charge is 0.186 e. The first kappa shape index (κ1) is 10.9. The van der Waals surface area contributed by atoms with Crippen molar-refractivity contribution in [2.45, 2.75) is 0 Å². The number of hydrogen-bond acceptors (Lipinski definition) is 4. The van der Waals surface area contributed by atoms with E-state index in [2.05, 4.69) is 0 Å². The van der Waals surface area contributed by atoms with E-state index in [1.807, 2.05) is 17.5 Å². The molecule has 0 unspecified atom stereocenters. The highest BCUT2D eigenvalue weighted by molar-refractivity contribution is 7.11. The predicted octanol–water partition coefficient (Wildman–Crippen LogP) is 3.48. The molecule has 0 radical (unpaired) electrons. The van der Waals surface area contributed by atoms with Gasteiger partial charge >= 0.3 is 0 Å². The number of fused-ring (bicyclic) bond motifs is 1. The molecule has 3 nitrogen and oxygen atoms in total. The number of hydrogen-bond donors (Lipinski definition) is 0. The summed E-state index contributed by atoms with van der Waals surface area (Å²) in [6, 6.07) is 8.66. The molecule has 3 rings (SSSR count). The van der Waals surface area contributed by atoms with E-state index < -0.39 is 0 Å². The molecule has 1 aromatic heterocycles. The maximum atomic E-state index is 11.7. The van der Waals surface area contributed by atoms with E-state index in [-0.39, 0.29) is 11.6 Å². The van der Waals surface area contributed by atoms with E-state index in [1.54, 1.807) is 18.2 Å². The first-order valence-electron chi connectivity index (χ1n) is 5.36. The van der Waals surface area contributed by atoms with Crippen molar-refractivity contribution in [2.75, 3.05) is 0 Å². The normalized spacial score (nSPS) is 13.6. The molecular weight excluding hydrogens is 248 g/mol. The second kappa shape index (κ2) is 4.23. The van der Waals surface area contributed by atoms with E-state index in [0.717, 1.165) is 5.06 Å². The number of carbonyl (C=O) groups is 2. The van der Waals surface area contributed by atoms with Crippen LogP contribution < -0.4 is 4.74 Å². The molecule has 0 N–H and O–H groups in total. The third-order valence-corrected chi connectivity index (χ3v) is 3.37. The van der Waals surface area contributed by atoms with Crippen molar-refractivity contribution in [3.63, 3.8) is 0 Å². The minimum atomic E-state index is -0.166. The van der Waals surface area contributed by atoms with Crippen LogP contribution in [0.25, 0.3) is 0 Å². The zero-order valence-corrected chi connectivity index (χ0v) is 10.1. The molecule has 0 saturated carbocycles. The van der Waals surface area contributed by atoms with E-state index in [0.29, 0.717) is 16.9 Å². The monoisotopic (exact) mass is 256 g/mol. The molecule has 0 bridgehead atoms. The highest BCUT2D eigenvalue weighted by atomic mass is 32.1. The minimum Gasteiger partial charge on any atom is -0.447 e. The van der Waals surface area contributed by atoms with Gasteiger partial charge in [-0.3, -0.25) is 9.59 Å². The standard InChI is InChI=1S/C14H8O3S/c15-12-5-6-13(16)11-8-9(3-4-10(11)12)17-14-2-1-7-18-14/h1-8H. The fraction of sp³-hybridized carbons (Fsp3) is 0. The van der Waals surface area contributed by atoms with Crippen LogP contribution in [-0.4, -0.2) is 11.6 Å². The Bertz CT molecular complexity index is 654. The molecular formula is C14H8O3S. The topological polar surface area (TPSA) is 43.4 Å². The van der Waals surface area contributed by atoms with Gasteiger partial charge in [0.15, 0.2) is 16.6 Å². The fourth-order valence-electron chi connectivity index (χ4n) is 1.77. The van der Waals surface area contributed by atoms with Crippen LogP contribution in [0.4, 0.5) is 0 Å². The second-order valence-corrected chi connectivity index (χ2v) is 4.71. The highest BCUT2D eigenvalue weighted by Gasteiger charge is 2.19. The van der Waals surface area contributed by atoms with Crippen LogP contribution in [0.3, 0.4) is 0 Å². The zero-order valence-electron chi connectivity index (χ0n) is 9.25. The Morgan fingerprint density at radius 2 is 1.72 bits per heavy atom. The Hall–Kier alpha value is -2.20. The zero-order chi connectivity index (χ0) is 12.5. The number of ketones is 2. The summed E-state index contributed by atoms with van der Waals surface area (Å²) >= 11 is 1.47. The number of rotatable bonds is 2. The summed E-state index contributed by atoms with van der Waals surface area (Å²) in [6.07, 6.45) is 2.59. The van der Waals surface area contributed by atoms with Crippen LogP contribution in [0.15, 0.2) is 47.9 Å². The van der Waals surface area contributed by atoms with Crippen molar-refractivity contribution >= 4 is 22.9 Å². The van der Waals surface area contributed by atoms with Gasteiger partial charge in [0, 0.05) is 11.1 Å². The maximum Gasteiger partial charge on any atom is 0.186 e. The predicted molar refractivity (Wildman–Crippen MR) is 68.6 cm³/mol. The lowest BCUT2D eigenvalue weighted by molar-refractivity contribution is 0.0994.